The second-order valence-corrected chi connectivity index (χ2v) is 3.37. The molecule has 1 aromatic carbocycles. The summed E-state index contributed by atoms with van der Waals surface area (Å²) in [6.07, 6.45) is 1.79. The smallest absolute Gasteiger partial charge is 0.147 e. The molecule has 98 valence electrons. The fourth-order valence-corrected chi connectivity index (χ4v) is 1.53. The summed E-state index contributed by atoms with van der Waals surface area (Å²) in [4.78, 5) is 4.34. The number of benzene rings is 1. The summed E-state index contributed by atoms with van der Waals surface area (Å²) in [6, 6.07) is 16.0. The van der Waals surface area contributed by atoms with E-state index in [1.165, 1.54) is 0 Å². The Morgan fingerprint density at radius 2 is 1.67 bits per heavy atom. The molecule has 2 rings (SSSR count). The lowest BCUT2D eigenvalue weighted by atomic mass is 10.3. The van der Waals surface area contributed by atoms with E-state index >= 15 is 0 Å². The number of aromatic nitrogens is 1. The first-order valence-electron chi connectivity index (χ1n) is 5.41. The average molecular weight is 286 g/mol. The minimum Gasteiger partial charge on any atom is -0.260 e. The highest BCUT2D eigenvalue weighted by molar-refractivity contribution is 5.85. The Labute approximate surface area is 120 Å². The first-order valence-corrected chi connectivity index (χ1v) is 5.41. The number of anilines is 2. The zero-order chi connectivity index (χ0) is 11.2. The fourth-order valence-electron chi connectivity index (χ4n) is 1.53. The lowest BCUT2D eigenvalue weighted by Crippen LogP contribution is -2.34. The van der Waals surface area contributed by atoms with Crippen LogP contribution < -0.4 is 10.4 Å². The number of hydrogen-bond acceptors (Lipinski definition) is 3. The van der Waals surface area contributed by atoms with Gasteiger partial charge in [0.2, 0.25) is 0 Å². The summed E-state index contributed by atoms with van der Waals surface area (Å²) in [6.45, 7) is 2.92. The molecule has 0 radical (unpaired) electrons. The van der Waals surface area contributed by atoms with E-state index in [0.717, 1.165) is 18.1 Å². The molecular formula is C13H17Cl2N3. The molecule has 0 atom stereocenters. The molecular weight excluding hydrogens is 269 g/mol. The molecule has 0 spiro atoms. The number of para-hydroxylation sites is 1. The van der Waals surface area contributed by atoms with Gasteiger partial charge in [0.15, 0.2) is 0 Å². The average Bonchev–Trinajstić information content (AvgIpc) is 2.38. The molecule has 0 fully saturated rings. The molecule has 1 aromatic heterocycles. The number of halogens is 2. The molecule has 0 saturated carbocycles. The highest BCUT2D eigenvalue weighted by atomic mass is 35.5. The van der Waals surface area contributed by atoms with Gasteiger partial charge in [0.1, 0.15) is 5.82 Å². The number of rotatable bonds is 4. The van der Waals surface area contributed by atoms with Crippen LogP contribution in [-0.4, -0.2) is 11.5 Å². The topological polar surface area (TPSA) is 28.2 Å². The molecule has 5 heteroatoms. The quantitative estimate of drug-likeness (QED) is 0.871. The molecule has 0 aliphatic rings. The van der Waals surface area contributed by atoms with Crippen molar-refractivity contribution in [1.29, 1.82) is 0 Å². The van der Waals surface area contributed by atoms with Gasteiger partial charge in [0.25, 0.3) is 0 Å². The molecule has 3 nitrogen and oxygen atoms in total. The van der Waals surface area contributed by atoms with Crippen LogP contribution in [0.5, 0.6) is 0 Å². The minimum atomic E-state index is 0. The summed E-state index contributed by atoms with van der Waals surface area (Å²) in [5.74, 6) is 0.899. The van der Waals surface area contributed by atoms with Gasteiger partial charge < -0.3 is 0 Å². The zero-order valence-corrected chi connectivity index (χ0v) is 11.7. The van der Waals surface area contributed by atoms with Crippen molar-refractivity contribution in [3.8, 4) is 0 Å². The Kier molecular flexibility index (Phi) is 8.12. The third-order valence-electron chi connectivity index (χ3n) is 2.21. The van der Waals surface area contributed by atoms with Crippen LogP contribution in [0, 0.1) is 0 Å². The predicted molar refractivity (Wildman–Crippen MR) is 81.0 cm³/mol. The number of hydrazine groups is 1. The molecule has 1 heterocycles. The number of nitrogens with zero attached hydrogens (tertiary/aromatic N) is 2. The normalized spacial score (nSPS) is 8.94. The van der Waals surface area contributed by atoms with Crippen molar-refractivity contribution in [2.24, 2.45) is 0 Å². The maximum atomic E-state index is 4.34. The van der Waals surface area contributed by atoms with E-state index in [4.69, 9.17) is 0 Å². The summed E-state index contributed by atoms with van der Waals surface area (Å²) >= 11 is 0. The van der Waals surface area contributed by atoms with E-state index in [0.29, 0.717) is 0 Å². The van der Waals surface area contributed by atoms with E-state index in [-0.39, 0.29) is 24.8 Å². The second kappa shape index (κ2) is 8.75. The van der Waals surface area contributed by atoms with Crippen molar-refractivity contribution in [3.63, 3.8) is 0 Å². The minimum absolute atomic E-state index is 0. The molecule has 0 aliphatic heterocycles. The maximum Gasteiger partial charge on any atom is 0.147 e. The Hall–Kier alpha value is -1.29. The molecule has 0 amide bonds. The molecule has 1 N–H and O–H groups in total. The number of pyridine rings is 1. The monoisotopic (exact) mass is 285 g/mol. The Morgan fingerprint density at radius 3 is 2.22 bits per heavy atom. The van der Waals surface area contributed by atoms with Gasteiger partial charge in [-0.3, -0.25) is 5.01 Å². The summed E-state index contributed by atoms with van der Waals surface area (Å²) in [5.41, 5.74) is 4.37. The van der Waals surface area contributed by atoms with Crippen molar-refractivity contribution in [1.82, 2.24) is 10.4 Å². The van der Waals surface area contributed by atoms with Gasteiger partial charge in [-0.2, -0.15) is 0 Å². The predicted octanol–water partition coefficient (Wildman–Crippen LogP) is 3.59. The van der Waals surface area contributed by atoms with Gasteiger partial charge in [-0.25, -0.2) is 10.4 Å². The number of hydrogen-bond donors (Lipinski definition) is 1. The highest BCUT2D eigenvalue weighted by Gasteiger charge is 2.07. The van der Waals surface area contributed by atoms with E-state index in [1.54, 1.807) is 6.20 Å². The van der Waals surface area contributed by atoms with Gasteiger partial charge in [-0.05, 0) is 24.3 Å². The fraction of sp³-hybridized carbons (Fsp3) is 0.154. The lowest BCUT2D eigenvalue weighted by molar-refractivity contribution is 0.731. The number of nitrogens with one attached hydrogen (secondary N) is 1. The molecule has 0 bridgehead atoms. The van der Waals surface area contributed by atoms with Crippen molar-refractivity contribution < 1.29 is 0 Å². The summed E-state index contributed by atoms with van der Waals surface area (Å²) in [5, 5.41) is 1.99. The first-order chi connectivity index (χ1) is 7.92. The SMILES string of the molecule is CCNN(c1ccccc1)c1ccccn1.Cl.Cl. The van der Waals surface area contributed by atoms with Crippen molar-refractivity contribution in [2.75, 3.05) is 11.6 Å². The van der Waals surface area contributed by atoms with Crippen molar-refractivity contribution >= 4 is 36.3 Å². The van der Waals surface area contributed by atoms with Crippen LogP contribution >= 0.6 is 24.8 Å². The van der Waals surface area contributed by atoms with Gasteiger partial charge >= 0.3 is 0 Å². The third-order valence-corrected chi connectivity index (χ3v) is 2.21. The van der Waals surface area contributed by atoms with Crippen LogP contribution in [0.15, 0.2) is 54.7 Å². The maximum absolute atomic E-state index is 4.34. The van der Waals surface area contributed by atoms with Gasteiger partial charge in [0, 0.05) is 12.7 Å². The summed E-state index contributed by atoms with van der Waals surface area (Å²) in [7, 11) is 0. The summed E-state index contributed by atoms with van der Waals surface area (Å²) < 4.78 is 0. The molecule has 0 unspecified atom stereocenters. The van der Waals surface area contributed by atoms with E-state index in [2.05, 4.69) is 29.5 Å². The van der Waals surface area contributed by atoms with Crippen LogP contribution in [0.1, 0.15) is 6.92 Å². The van der Waals surface area contributed by atoms with Crippen LogP contribution in [0.4, 0.5) is 11.5 Å². The Morgan fingerprint density at radius 1 is 1.00 bits per heavy atom. The Bertz CT molecular complexity index is 383. The lowest BCUT2D eigenvalue weighted by Gasteiger charge is -2.23. The van der Waals surface area contributed by atoms with Crippen LogP contribution in [0.2, 0.25) is 0 Å². The molecule has 18 heavy (non-hydrogen) atoms. The van der Waals surface area contributed by atoms with Crippen LogP contribution in [0.3, 0.4) is 0 Å². The molecule has 0 aliphatic carbocycles. The van der Waals surface area contributed by atoms with Crippen molar-refractivity contribution in [3.05, 3.63) is 54.7 Å². The van der Waals surface area contributed by atoms with E-state index in [1.807, 2.05) is 41.4 Å². The van der Waals surface area contributed by atoms with Gasteiger partial charge in [-0.1, -0.05) is 31.2 Å². The zero-order valence-electron chi connectivity index (χ0n) is 10.1. The van der Waals surface area contributed by atoms with E-state index in [9.17, 15) is 0 Å². The van der Waals surface area contributed by atoms with Crippen LogP contribution in [-0.2, 0) is 0 Å². The largest absolute Gasteiger partial charge is 0.260 e. The second-order valence-electron chi connectivity index (χ2n) is 3.37. The molecule has 2 aromatic rings. The highest BCUT2D eigenvalue weighted by Crippen LogP contribution is 2.19. The van der Waals surface area contributed by atoms with Crippen molar-refractivity contribution in [2.45, 2.75) is 6.92 Å². The van der Waals surface area contributed by atoms with Gasteiger partial charge in [-0.15, -0.1) is 24.8 Å². The van der Waals surface area contributed by atoms with Gasteiger partial charge in [0.05, 0.1) is 5.69 Å². The van der Waals surface area contributed by atoms with Crippen LogP contribution in [0.25, 0.3) is 0 Å². The molecule has 0 saturated heterocycles. The standard InChI is InChI=1S/C13H15N3.2ClH/c1-2-15-16(12-8-4-3-5-9-12)13-10-6-7-11-14-13;;/h3-11,15H,2H2,1H3;2*1H. The first kappa shape index (κ1) is 16.7. The third kappa shape index (κ3) is 4.18. The Balaban J connectivity index is 0.00000144. The van der Waals surface area contributed by atoms with E-state index < -0.39 is 0 Å².